The second kappa shape index (κ2) is 4.48. The van der Waals surface area contributed by atoms with Crippen molar-refractivity contribution < 1.29 is 0 Å². The summed E-state index contributed by atoms with van der Waals surface area (Å²) < 4.78 is 0. The van der Waals surface area contributed by atoms with Crippen molar-refractivity contribution in [1.82, 2.24) is 0 Å². The maximum absolute atomic E-state index is 4.73. The quantitative estimate of drug-likeness (QED) is 0.734. The standard InChI is InChI=1S/C16H19N/c1-12-15(14-5-3-2-4-6-14)9-10-17-16(12)11-13-7-8-13/h2-6,13H,7-11H2,1H3. The molecule has 0 spiro atoms. The molecule has 1 heterocycles. The first kappa shape index (κ1) is 10.8. The van der Waals surface area contributed by atoms with Crippen LogP contribution in [0.1, 0.15) is 38.2 Å². The van der Waals surface area contributed by atoms with Crippen LogP contribution in [0, 0.1) is 5.92 Å². The summed E-state index contributed by atoms with van der Waals surface area (Å²) in [5.41, 5.74) is 5.71. The number of benzene rings is 1. The fraction of sp³-hybridized carbons (Fsp3) is 0.438. The first-order chi connectivity index (χ1) is 8.34. The van der Waals surface area contributed by atoms with Gasteiger partial charge in [-0.3, -0.25) is 4.99 Å². The Balaban J connectivity index is 1.89. The summed E-state index contributed by atoms with van der Waals surface area (Å²) in [7, 11) is 0. The van der Waals surface area contributed by atoms with E-state index < -0.39 is 0 Å². The summed E-state index contributed by atoms with van der Waals surface area (Å²) >= 11 is 0. The van der Waals surface area contributed by atoms with Crippen molar-refractivity contribution in [2.45, 2.75) is 32.6 Å². The summed E-state index contributed by atoms with van der Waals surface area (Å²) in [5.74, 6) is 0.929. The fourth-order valence-electron chi connectivity index (χ4n) is 2.60. The Morgan fingerprint density at radius 2 is 1.94 bits per heavy atom. The van der Waals surface area contributed by atoms with Crippen LogP contribution in [-0.4, -0.2) is 12.3 Å². The summed E-state index contributed by atoms with van der Waals surface area (Å²) in [5, 5.41) is 0. The van der Waals surface area contributed by atoms with E-state index in [2.05, 4.69) is 37.3 Å². The lowest BCUT2D eigenvalue weighted by molar-refractivity contribution is 0.871. The smallest absolute Gasteiger partial charge is 0.0433 e. The molecule has 1 aliphatic heterocycles. The molecular formula is C16H19N. The van der Waals surface area contributed by atoms with Gasteiger partial charge in [0.2, 0.25) is 0 Å². The molecule has 1 aromatic rings. The minimum Gasteiger partial charge on any atom is -0.289 e. The summed E-state index contributed by atoms with van der Waals surface area (Å²) in [6, 6.07) is 10.8. The van der Waals surface area contributed by atoms with E-state index in [1.54, 1.807) is 0 Å². The van der Waals surface area contributed by atoms with Crippen LogP contribution in [0.15, 0.2) is 40.9 Å². The first-order valence-corrected chi connectivity index (χ1v) is 6.63. The van der Waals surface area contributed by atoms with Crippen LogP contribution >= 0.6 is 0 Å². The van der Waals surface area contributed by atoms with E-state index in [0.717, 1.165) is 18.9 Å². The van der Waals surface area contributed by atoms with Crippen molar-refractivity contribution in [3.8, 4) is 0 Å². The molecule has 3 rings (SSSR count). The van der Waals surface area contributed by atoms with Crippen LogP contribution in [0.2, 0.25) is 0 Å². The largest absolute Gasteiger partial charge is 0.289 e. The van der Waals surface area contributed by atoms with Gasteiger partial charge in [-0.2, -0.15) is 0 Å². The topological polar surface area (TPSA) is 12.4 Å². The highest BCUT2D eigenvalue weighted by molar-refractivity contribution is 6.07. The van der Waals surface area contributed by atoms with Crippen molar-refractivity contribution in [1.29, 1.82) is 0 Å². The first-order valence-electron chi connectivity index (χ1n) is 6.63. The van der Waals surface area contributed by atoms with Gasteiger partial charge in [0.15, 0.2) is 0 Å². The predicted octanol–water partition coefficient (Wildman–Crippen LogP) is 4.10. The van der Waals surface area contributed by atoms with Crippen LogP contribution in [0.25, 0.3) is 5.57 Å². The molecule has 0 amide bonds. The molecule has 1 heteroatoms. The molecule has 0 N–H and O–H groups in total. The van der Waals surface area contributed by atoms with Crippen LogP contribution in [0.3, 0.4) is 0 Å². The van der Waals surface area contributed by atoms with Gasteiger partial charge in [0, 0.05) is 12.3 Å². The molecule has 88 valence electrons. The van der Waals surface area contributed by atoms with E-state index in [1.165, 1.54) is 41.7 Å². The Hall–Kier alpha value is -1.37. The third kappa shape index (κ3) is 2.33. The van der Waals surface area contributed by atoms with Gasteiger partial charge in [-0.25, -0.2) is 0 Å². The second-order valence-electron chi connectivity index (χ2n) is 5.20. The van der Waals surface area contributed by atoms with Gasteiger partial charge in [0.25, 0.3) is 0 Å². The number of aliphatic imine (C=N–C) groups is 1. The Labute approximate surface area is 103 Å². The van der Waals surface area contributed by atoms with Gasteiger partial charge >= 0.3 is 0 Å². The van der Waals surface area contributed by atoms with E-state index in [9.17, 15) is 0 Å². The Morgan fingerprint density at radius 1 is 1.18 bits per heavy atom. The van der Waals surface area contributed by atoms with Crippen molar-refractivity contribution >= 4 is 11.3 Å². The summed E-state index contributed by atoms with van der Waals surface area (Å²) in [4.78, 5) is 4.73. The van der Waals surface area contributed by atoms with Gasteiger partial charge < -0.3 is 0 Å². The molecule has 1 aliphatic carbocycles. The molecule has 0 aromatic heterocycles. The van der Waals surface area contributed by atoms with Gasteiger partial charge in [-0.1, -0.05) is 30.3 Å². The zero-order valence-electron chi connectivity index (χ0n) is 10.4. The number of nitrogens with zero attached hydrogens (tertiary/aromatic N) is 1. The van der Waals surface area contributed by atoms with Crippen molar-refractivity contribution in [2.75, 3.05) is 6.54 Å². The molecule has 0 unspecified atom stereocenters. The molecule has 1 fully saturated rings. The summed E-state index contributed by atoms with van der Waals surface area (Å²) in [6.45, 7) is 3.23. The zero-order valence-corrected chi connectivity index (χ0v) is 10.4. The van der Waals surface area contributed by atoms with E-state index >= 15 is 0 Å². The van der Waals surface area contributed by atoms with Gasteiger partial charge in [0.05, 0.1) is 0 Å². The Morgan fingerprint density at radius 3 is 2.65 bits per heavy atom. The lowest BCUT2D eigenvalue weighted by Crippen LogP contribution is -2.11. The molecule has 1 nitrogen and oxygen atoms in total. The number of dihydropyridines is 1. The van der Waals surface area contributed by atoms with Crippen LogP contribution < -0.4 is 0 Å². The highest BCUT2D eigenvalue weighted by atomic mass is 14.8. The lowest BCUT2D eigenvalue weighted by atomic mass is 9.91. The zero-order chi connectivity index (χ0) is 11.7. The monoisotopic (exact) mass is 225 g/mol. The van der Waals surface area contributed by atoms with E-state index in [1.807, 2.05) is 0 Å². The van der Waals surface area contributed by atoms with Gasteiger partial charge in [-0.05, 0) is 55.2 Å². The highest BCUT2D eigenvalue weighted by Crippen LogP contribution is 2.36. The molecule has 0 radical (unpaired) electrons. The molecule has 17 heavy (non-hydrogen) atoms. The molecule has 1 saturated carbocycles. The van der Waals surface area contributed by atoms with Crippen molar-refractivity contribution in [3.05, 3.63) is 41.5 Å². The third-order valence-corrected chi connectivity index (χ3v) is 3.85. The average Bonchev–Trinajstić information content (AvgIpc) is 3.17. The minimum absolute atomic E-state index is 0.929. The number of allylic oxidation sites excluding steroid dienone is 1. The minimum atomic E-state index is 0.929. The normalized spacial score (nSPS) is 20.4. The SMILES string of the molecule is CC1=C(c2ccccc2)CCN=C1CC1CC1. The highest BCUT2D eigenvalue weighted by Gasteiger charge is 2.25. The van der Waals surface area contributed by atoms with Crippen LogP contribution in [-0.2, 0) is 0 Å². The van der Waals surface area contributed by atoms with E-state index in [4.69, 9.17) is 4.99 Å². The molecule has 1 aromatic carbocycles. The van der Waals surface area contributed by atoms with Crippen LogP contribution in [0.4, 0.5) is 0 Å². The Kier molecular flexibility index (Phi) is 2.84. The molecule has 0 atom stereocenters. The third-order valence-electron chi connectivity index (χ3n) is 3.85. The number of rotatable bonds is 3. The maximum Gasteiger partial charge on any atom is 0.0433 e. The van der Waals surface area contributed by atoms with Crippen molar-refractivity contribution in [2.24, 2.45) is 10.9 Å². The maximum atomic E-state index is 4.73. The average molecular weight is 225 g/mol. The molecular weight excluding hydrogens is 206 g/mol. The number of hydrogen-bond donors (Lipinski definition) is 0. The number of hydrogen-bond acceptors (Lipinski definition) is 1. The predicted molar refractivity (Wildman–Crippen MR) is 73.3 cm³/mol. The van der Waals surface area contributed by atoms with Gasteiger partial charge in [-0.15, -0.1) is 0 Å². The van der Waals surface area contributed by atoms with Crippen molar-refractivity contribution in [3.63, 3.8) is 0 Å². The van der Waals surface area contributed by atoms with Crippen LogP contribution in [0.5, 0.6) is 0 Å². The molecule has 0 bridgehead atoms. The fourth-order valence-corrected chi connectivity index (χ4v) is 2.60. The molecule has 2 aliphatic rings. The van der Waals surface area contributed by atoms with E-state index in [-0.39, 0.29) is 0 Å². The van der Waals surface area contributed by atoms with E-state index in [0.29, 0.717) is 0 Å². The summed E-state index contributed by atoms with van der Waals surface area (Å²) in [6.07, 6.45) is 5.13. The second-order valence-corrected chi connectivity index (χ2v) is 5.20. The lowest BCUT2D eigenvalue weighted by Gasteiger charge is -2.19. The molecule has 0 saturated heterocycles. The Bertz CT molecular complexity index is 464. The van der Waals surface area contributed by atoms with Gasteiger partial charge in [0.1, 0.15) is 0 Å².